The number of hydrogen-bond acceptors (Lipinski definition) is 3. The Balaban J connectivity index is 1.68. The number of benzene rings is 1. The summed E-state index contributed by atoms with van der Waals surface area (Å²) in [5.74, 6) is 7.09. The Morgan fingerprint density at radius 3 is 2.56 bits per heavy atom. The van der Waals surface area contributed by atoms with Crippen LogP contribution in [0.5, 0.6) is 0 Å². The zero-order chi connectivity index (χ0) is 19.5. The molecule has 1 aliphatic rings. The first-order valence-corrected chi connectivity index (χ1v) is 10.1. The molecular weight excluding hydrogens is 360 g/mol. The molecule has 0 atom stereocenters. The molecule has 0 heterocycles. The van der Waals surface area contributed by atoms with Gasteiger partial charge in [0.2, 0.25) is 0 Å². The number of nitrogens with one attached hydrogen (secondary N) is 3. The SMILES string of the molecule is CNCCCNCC#CC1CCC(N(C)C(=O)Nc2ccc(Cl)cc2)CC1. The van der Waals surface area contributed by atoms with E-state index in [0.717, 1.165) is 57.4 Å². The van der Waals surface area contributed by atoms with E-state index < -0.39 is 0 Å². The molecule has 0 aliphatic heterocycles. The van der Waals surface area contributed by atoms with Crippen LogP contribution < -0.4 is 16.0 Å². The maximum absolute atomic E-state index is 12.4. The summed E-state index contributed by atoms with van der Waals surface area (Å²) in [5, 5.41) is 10.1. The Morgan fingerprint density at radius 2 is 1.89 bits per heavy atom. The second-order valence-electron chi connectivity index (χ2n) is 7.01. The van der Waals surface area contributed by atoms with Crippen LogP contribution in [0.25, 0.3) is 0 Å². The Labute approximate surface area is 168 Å². The summed E-state index contributed by atoms with van der Waals surface area (Å²) in [6.45, 7) is 2.78. The maximum atomic E-state index is 12.4. The minimum absolute atomic E-state index is 0.0716. The Morgan fingerprint density at radius 1 is 1.19 bits per heavy atom. The molecule has 1 aromatic rings. The van der Waals surface area contributed by atoms with Gasteiger partial charge >= 0.3 is 6.03 Å². The molecule has 1 saturated carbocycles. The van der Waals surface area contributed by atoms with Gasteiger partial charge < -0.3 is 20.9 Å². The van der Waals surface area contributed by atoms with Crippen molar-refractivity contribution in [1.82, 2.24) is 15.5 Å². The van der Waals surface area contributed by atoms with Crippen molar-refractivity contribution in [1.29, 1.82) is 0 Å². The highest BCUT2D eigenvalue weighted by atomic mass is 35.5. The lowest BCUT2D eigenvalue weighted by molar-refractivity contribution is 0.180. The van der Waals surface area contributed by atoms with Crippen LogP contribution in [-0.2, 0) is 0 Å². The number of urea groups is 1. The van der Waals surface area contributed by atoms with Crippen LogP contribution in [-0.4, -0.2) is 50.7 Å². The molecule has 0 saturated heterocycles. The number of halogens is 1. The van der Waals surface area contributed by atoms with Crippen molar-refractivity contribution >= 4 is 23.3 Å². The highest BCUT2D eigenvalue weighted by molar-refractivity contribution is 6.30. The zero-order valence-corrected chi connectivity index (χ0v) is 17.1. The maximum Gasteiger partial charge on any atom is 0.321 e. The van der Waals surface area contributed by atoms with Crippen LogP contribution in [0.3, 0.4) is 0 Å². The average Bonchev–Trinajstić information content (AvgIpc) is 2.69. The van der Waals surface area contributed by atoms with Crippen LogP contribution in [0.1, 0.15) is 32.1 Å². The summed E-state index contributed by atoms with van der Waals surface area (Å²) in [7, 11) is 3.84. The summed E-state index contributed by atoms with van der Waals surface area (Å²) in [5.41, 5.74) is 0.762. The van der Waals surface area contributed by atoms with Crippen molar-refractivity contribution in [2.24, 2.45) is 5.92 Å². The highest BCUT2D eigenvalue weighted by Gasteiger charge is 2.25. The van der Waals surface area contributed by atoms with Gasteiger partial charge in [-0.15, -0.1) is 0 Å². The lowest BCUT2D eigenvalue weighted by Gasteiger charge is -2.33. The standard InChI is InChI=1S/C21H31ClN4O/c1-23-14-4-16-24-15-3-5-17-6-12-20(13-7-17)26(2)21(27)25-19-10-8-18(22)9-11-19/h8-11,17,20,23-24H,4,6-7,12-16H2,1-2H3,(H,25,27). The van der Waals surface area contributed by atoms with E-state index in [0.29, 0.717) is 10.9 Å². The van der Waals surface area contributed by atoms with Gasteiger partial charge in [0.1, 0.15) is 0 Å². The van der Waals surface area contributed by atoms with Gasteiger partial charge in [0.15, 0.2) is 0 Å². The molecule has 27 heavy (non-hydrogen) atoms. The fourth-order valence-electron chi connectivity index (χ4n) is 3.25. The van der Waals surface area contributed by atoms with E-state index in [2.05, 4.69) is 27.8 Å². The number of anilines is 1. The molecule has 148 valence electrons. The second kappa shape index (κ2) is 11.9. The number of carbonyl (C=O) groups excluding carboxylic acids is 1. The molecule has 0 aromatic heterocycles. The molecule has 0 bridgehead atoms. The predicted molar refractivity (Wildman–Crippen MR) is 113 cm³/mol. The quantitative estimate of drug-likeness (QED) is 0.492. The molecule has 1 aliphatic carbocycles. The second-order valence-corrected chi connectivity index (χ2v) is 7.44. The minimum atomic E-state index is -0.0716. The molecule has 0 spiro atoms. The van der Waals surface area contributed by atoms with Gasteiger partial charge in [-0.05, 0) is 76.5 Å². The average molecular weight is 391 g/mol. The molecular formula is C21H31ClN4O. The van der Waals surface area contributed by atoms with E-state index in [4.69, 9.17) is 11.6 Å². The van der Waals surface area contributed by atoms with Gasteiger partial charge in [-0.25, -0.2) is 4.79 Å². The molecule has 1 aromatic carbocycles. The van der Waals surface area contributed by atoms with Gasteiger partial charge in [-0.2, -0.15) is 0 Å². The number of amides is 2. The van der Waals surface area contributed by atoms with Crippen molar-refractivity contribution in [2.75, 3.05) is 39.0 Å². The predicted octanol–water partition coefficient (Wildman–Crippen LogP) is 3.57. The van der Waals surface area contributed by atoms with Gasteiger partial charge in [-0.1, -0.05) is 23.4 Å². The molecule has 2 amide bonds. The van der Waals surface area contributed by atoms with Gasteiger partial charge in [0, 0.05) is 29.7 Å². The molecule has 6 heteroatoms. The van der Waals surface area contributed by atoms with E-state index in [-0.39, 0.29) is 12.1 Å². The number of carbonyl (C=O) groups is 1. The first-order chi connectivity index (χ1) is 13.1. The molecule has 2 rings (SSSR count). The van der Waals surface area contributed by atoms with E-state index in [9.17, 15) is 4.79 Å². The third-order valence-electron chi connectivity index (χ3n) is 4.96. The molecule has 1 fully saturated rings. The van der Waals surface area contributed by atoms with Crippen molar-refractivity contribution in [3.05, 3.63) is 29.3 Å². The van der Waals surface area contributed by atoms with E-state index >= 15 is 0 Å². The fourth-order valence-corrected chi connectivity index (χ4v) is 3.38. The Hall–Kier alpha value is -1.74. The third kappa shape index (κ3) is 7.80. The number of hydrogen-bond donors (Lipinski definition) is 3. The molecule has 0 radical (unpaired) electrons. The van der Waals surface area contributed by atoms with Crippen molar-refractivity contribution in [2.45, 2.75) is 38.1 Å². The largest absolute Gasteiger partial charge is 0.325 e. The lowest BCUT2D eigenvalue weighted by atomic mass is 9.86. The van der Waals surface area contributed by atoms with Crippen LogP contribution >= 0.6 is 11.6 Å². The molecule has 0 unspecified atom stereocenters. The number of nitrogens with zero attached hydrogens (tertiary/aromatic N) is 1. The first-order valence-electron chi connectivity index (χ1n) is 9.73. The first kappa shape index (κ1) is 21.6. The van der Waals surface area contributed by atoms with Crippen LogP contribution in [0.2, 0.25) is 5.02 Å². The van der Waals surface area contributed by atoms with Gasteiger partial charge in [0.25, 0.3) is 0 Å². The minimum Gasteiger partial charge on any atom is -0.325 e. The normalized spacial score (nSPS) is 19.1. The summed E-state index contributed by atoms with van der Waals surface area (Å²) < 4.78 is 0. The van der Waals surface area contributed by atoms with Crippen molar-refractivity contribution < 1.29 is 4.79 Å². The molecule has 5 nitrogen and oxygen atoms in total. The highest BCUT2D eigenvalue weighted by Crippen LogP contribution is 2.27. The molecule has 3 N–H and O–H groups in total. The monoisotopic (exact) mass is 390 g/mol. The summed E-state index contributed by atoms with van der Waals surface area (Å²) >= 11 is 5.88. The van der Waals surface area contributed by atoms with Crippen molar-refractivity contribution in [3.63, 3.8) is 0 Å². The smallest absolute Gasteiger partial charge is 0.321 e. The van der Waals surface area contributed by atoms with Crippen LogP contribution in [0.4, 0.5) is 10.5 Å². The van der Waals surface area contributed by atoms with Crippen molar-refractivity contribution in [3.8, 4) is 11.8 Å². The summed E-state index contributed by atoms with van der Waals surface area (Å²) in [4.78, 5) is 14.3. The van der Waals surface area contributed by atoms with E-state index in [1.54, 1.807) is 12.1 Å². The summed E-state index contributed by atoms with van der Waals surface area (Å²) in [6, 6.07) is 7.38. The lowest BCUT2D eigenvalue weighted by Crippen LogP contribution is -2.41. The fraction of sp³-hybridized carbons (Fsp3) is 0.571. The zero-order valence-electron chi connectivity index (χ0n) is 16.4. The number of rotatable bonds is 7. The Kier molecular flexibility index (Phi) is 9.47. The van der Waals surface area contributed by atoms with Crippen LogP contribution in [0.15, 0.2) is 24.3 Å². The van der Waals surface area contributed by atoms with E-state index in [1.807, 2.05) is 31.1 Å². The third-order valence-corrected chi connectivity index (χ3v) is 5.21. The van der Waals surface area contributed by atoms with E-state index in [1.165, 1.54) is 0 Å². The van der Waals surface area contributed by atoms with Gasteiger partial charge in [-0.3, -0.25) is 0 Å². The van der Waals surface area contributed by atoms with Gasteiger partial charge in [0.05, 0.1) is 6.54 Å². The van der Waals surface area contributed by atoms with Crippen LogP contribution in [0, 0.1) is 17.8 Å². The summed E-state index contributed by atoms with van der Waals surface area (Å²) in [6.07, 6.45) is 5.22. The topological polar surface area (TPSA) is 56.4 Å². The Bertz CT molecular complexity index is 630.